The smallest absolute Gasteiger partial charge is 0.262 e. The molecule has 1 amide bonds. The van der Waals surface area contributed by atoms with Crippen LogP contribution in [-0.2, 0) is 4.79 Å². The number of carbonyl (C=O) groups is 1. The number of amides is 1. The molecule has 26 heavy (non-hydrogen) atoms. The number of aromatic nitrogens is 2. The van der Waals surface area contributed by atoms with Gasteiger partial charge in [-0.25, -0.2) is 9.97 Å². The van der Waals surface area contributed by atoms with Gasteiger partial charge in [-0.1, -0.05) is 13.0 Å². The summed E-state index contributed by atoms with van der Waals surface area (Å²) in [5, 5.41) is 2.74. The summed E-state index contributed by atoms with van der Waals surface area (Å²) in [6.07, 6.45) is 5.57. The lowest BCUT2D eigenvalue weighted by Gasteiger charge is -2.30. The van der Waals surface area contributed by atoms with Crippen LogP contribution >= 0.6 is 0 Å². The van der Waals surface area contributed by atoms with Crippen molar-refractivity contribution in [1.82, 2.24) is 9.97 Å². The highest BCUT2D eigenvalue weighted by Gasteiger charge is 2.17. The first kappa shape index (κ1) is 18.0. The quantitative estimate of drug-likeness (QED) is 0.858. The standard InChI is InChI=1S/C19H24N4O3/c1-14-6-8-23(9-7-14)19-20-11-15(12-21-19)22-18(24)13-26-17-5-3-4-16(10-17)25-2/h3-5,10-12,14H,6-9,13H2,1-2H3,(H,22,24). The summed E-state index contributed by atoms with van der Waals surface area (Å²) >= 11 is 0. The largest absolute Gasteiger partial charge is 0.497 e. The van der Waals surface area contributed by atoms with Gasteiger partial charge in [0.05, 0.1) is 25.2 Å². The molecule has 1 N–H and O–H groups in total. The Kier molecular flexibility index (Phi) is 5.88. The summed E-state index contributed by atoms with van der Waals surface area (Å²) < 4.78 is 10.6. The molecule has 7 nitrogen and oxygen atoms in total. The van der Waals surface area contributed by atoms with Gasteiger partial charge in [-0.05, 0) is 30.9 Å². The molecule has 0 atom stereocenters. The van der Waals surface area contributed by atoms with Gasteiger partial charge in [-0.2, -0.15) is 0 Å². The molecule has 1 aromatic carbocycles. The van der Waals surface area contributed by atoms with Gasteiger partial charge in [0.1, 0.15) is 11.5 Å². The van der Waals surface area contributed by atoms with E-state index >= 15 is 0 Å². The fraction of sp³-hybridized carbons (Fsp3) is 0.421. The number of hydrogen-bond acceptors (Lipinski definition) is 6. The average molecular weight is 356 g/mol. The number of ether oxygens (including phenoxy) is 2. The lowest BCUT2D eigenvalue weighted by molar-refractivity contribution is -0.118. The molecule has 0 unspecified atom stereocenters. The summed E-state index contributed by atoms with van der Waals surface area (Å²) in [5.74, 6) is 2.46. The highest BCUT2D eigenvalue weighted by Crippen LogP contribution is 2.21. The van der Waals surface area contributed by atoms with Crippen molar-refractivity contribution in [2.24, 2.45) is 5.92 Å². The second-order valence-corrected chi connectivity index (χ2v) is 6.46. The Balaban J connectivity index is 1.49. The van der Waals surface area contributed by atoms with Crippen LogP contribution in [0.25, 0.3) is 0 Å². The van der Waals surface area contributed by atoms with Crippen LogP contribution in [0.5, 0.6) is 11.5 Å². The molecule has 1 fully saturated rings. The Morgan fingerprint density at radius 3 is 2.62 bits per heavy atom. The predicted octanol–water partition coefficient (Wildman–Crippen LogP) is 2.74. The van der Waals surface area contributed by atoms with Crippen LogP contribution in [0.3, 0.4) is 0 Å². The van der Waals surface area contributed by atoms with E-state index < -0.39 is 0 Å². The first-order valence-electron chi connectivity index (χ1n) is 8.78. The average Bonchev–Trinajstić information content (AvgIpc) is 2.68. The van der Waals surface area contributed by atoms with E-state index in [0.717, 1.165) is 31.8 Å². The van der Waals surface area contributed by atoms with Crippen LogP contribution in [0.2, 0.25) is 0 Å². The number of methoxy groups -OCH3 is 1. The minimum absolute atomic E-state index is 0.0983. The molecule has 7 heteroatoms. The third-order valence-corrected chi connectivity index (χ3v) is 4.40. The summed E-state index contributed by atoms with van der Waals surface area (Å²) in [7, 11) is 1.58. The van der Waals surface area contributed by atoms with E-state index in [2.05, 4.69) is 27.1 Å². The summed E-state index contributed by atoms with van der Waals surface area (Å²) in [6, 6.07) is 7.12. The van der Waals surface area contributed by atoms with Crippen molar-refractivity contribution in [2.45, 2.75) is 19.8 Å². The monoisotopic (exact) mass is 356 g/mol. The molecule has 0 radical (unpaired) electrons. The van der Waals surface area contributed by atoms with Gasteiger partial charge in [0.2, 0.25) is 5.95 Å². The summed E-state index contributed by atoms with van der Waals surface area (Å²) in [4.78, 5) is 22.9. The zero-order valence-electron chi connectivity index (χ0n) is 15.1. The molecule has 0 spiro atoms. The van der Waals surface area contributed by atoms with Crippen molar-refractivity contribution in [3.05, 3.63) is 36.7 Å². The Morgan fingerprint density at radius 2 is 1.92 bits per heavy atom. The molecule has 1 saturated heterocycles. The van der Waals surface area contributed by atoms with Crippen LogP contribution in [0.4, 0.5) is 11.6 Å². The molecular formula is C19H24N4O3. The fourth-order valence-corrected chi connectivity index (χ4v) is 2.79. The van der Waals surface area contributed by atoms with E-state index in [1.165, 1.54) is 0 Å². The van der Waals surface area contributed by atoms with E-state index in [-0.39, 0.29) is 12.5 Å². The SMILES string of the molecule is COc1cccc(OCC(=O)Nc2cnc(N3CCC(C)CC3)nc2)c1. The number of benzene rings is 1. The van der Waals surface area contributed by atoms with E-state index in [9.17, 15) is 4.79 Å². The maximum Gasteiger partial charge on any atom is 0.262 e. The molecule has 1 aliphatic heterocycles. The molecule has 0 aliphatic carbocycles. The number of rotatable bonds is 6. The van der Waals surface area contributed by atoms with E-state index in [4.69, 9.17) is 9.47 Å². The zero-order chi connectivity index (χ0) is 18.4. The number of carbonyl (C=O) groups excluding carboxylic acids is 1. The molecule has 0 bridgehead atoms. The van der Waals surface area contributed by atoms with Crippen molar-refractivity contribution in [1.29, 1.82) is 0 Å². The highest BCUT2D eigenvalue weighted by atomic mass is 16.5. The van der Waals surface area contributed by atoms with Crippen molar-refractivity contribution >= 4 is 17.5 Å². The molecular weight excluding hydrogens is 332 g/mol. The van der Waals surface area contributed by atoms with E-state index in [1.54, 1.807) is 37.7 Å². The molecule has 2 aromatic rings. The number of anilines is 2. The van der Waals surface area contributed by atoms with Crippen LogP contribution in [0, 0.1) is 5.92 Å². The molecule has 3 rings (SSSR count). The topological polar surface area (TPSA) is 76.6 Å². The van der Waals surface area contributed by atoms with Crippen molar-refractivity contribution in [2.75, 3.05) is 37.0 Å². The van der Waals surface area contributed by atoms with Crippen LogP contribution < -0.4 is 19.7 Å². The molecule has 1 aliphatic rings. The van der Waals surface area contributed by atoms with Crippen molar-refractivity contribution < 1.29 is 14.3 Å². The third kappa shape index (κ3) is 4.84. The third-order valence-electron chi connectivity index (χ3n) is 4.40. The van der Waals surface area contributed by atoms with Gasteiger partial charge in [-0.3, -0.25) is 4.79 Å². The Labute approximate surface area is 153 Å². The zero-order valence-corrected chi connectivity index (χ0v) is 15.1. The maximum absolute atomic E-state index is 12.0. The van der Waals surface area contributed by atoms with Crippen LogP contribution in [0.15, 0.2) is 36.7 Å². The minimum atomic E-state index is -0.268. The van der Waals surface area contributed by atoms with Crippen LogP contribution in [0.1, 0.15) is 19.8 Å². The van der Waals surface area contributed by atoms with E-state index in [0.29, 0.717) is 23.1 Å². The van der Waals surface area contributed by atoms with Gasteiger partial charge in [0, 0.05) is 19.2 Å². The number of nitrogens with one attached hydrogen (secondary N) is 1. The second-order valence-electron chi connectivity index (χ2n) is 6.46. The van der Waals surface area contributed by atoms with E-state index in [1.807, 2.05) is 6.07 Å². The van der Waals surface area contributed by atoms with Gasteiger partial charge >= 0.3 is 0 Å². The highest BCUT2D eigenvalue weighted by molar-refractivity contribution is 5.91. The van der Waals surface area contributed by atoms with Crippen molar-refractivity contribution in [3.63, 3.8) is 0 Å². The number of nitrogens with zero attached hydrogens (tertiary/aromatic N) is 3. The molecule has 1 aromatic heterocycles. The minimum Gasteiger partial charge on any atom is -0.497 e. The summed E-state index contributed by atoms with van der Waals surface area (Å²) in [6.45, 7) is 4.12. The van der Waals surface area contributed by atoms with Gasteiger partial charge in [-0.15, -0.1) is 0 Å². The van der Waals surface area contributed by atoms with Crippen molar-refractivity contribution in [3.8, 4) is 11.5 Å². The normalized spacial score (nSPS) is 14.8. The number of piperidine rings is 1. The Bertz CT molecular complexity index is 728. The Hall–Kier alpha value is -2.83. The lowest BCUT2D eigenvalue weighted by atomic mass is 10.00. The number of hydrogen-bond donors (Lipinski definition) is 1. The van der Waals surface area contributed by atoms with Crippen LogP contribution in [-0.4, -0.2) is 42.7 Å². The maximum atomic E-state index is 12.0. The van der Waals surface area contributed by atoms with Gasteiger partial charge in [0.25, 0.3) is 5.91 Å². The first-order chi connectivity index (χ1) is 12.6. The van der Waals surface area contributed by atoms with Gasteiger partial charge in [0.15, 0.2) is 6.61 Å². The molecule has 0 saturated carbocycles. The summed E-state index contributed by atoms with van der Waals surface area (Å²) in [5.41, 5.74) is 0.554. The fourth-order valence-electron chi connectivity index (χ4n) is 2.79. The molecule has 138 valence electrons. The molecule has 2 heterocycles. The lowest BCUT2D eigenvalue weighted by Crippen LogP contribution is -2.34. The van der Waals surface area contributed by atoms with Gasteiger partial charge < -0.3 is 19.7 Å². The first-order valence-corrected chi connectivity index (χ1v) is 8.78. The predicted molar refractivity (Wildman–Crippen MR) is 99.8 cm³/mol. The second kappa shape index (κ2) is 8.51. The Morgan fingerprint density at radius 1 is 1.23 bits per heavy atom.